The quantitative estimate of drug-likeness (QED) is 0.478. The number of nitrogens with one attached hydrogen (secondary N) is 1. The number of rotatable bonds is 4. The molecule has 178 valence electrons. The Bertz CT molecular complexity index is 1430. The normalized spacial score (nSPS) is 19.0. The second kappa shape index (κ2) is 8.79. The Labute approximate surface area is 202 Å². The molecule has 8 heteroatoms. The number of hydrogen-bond acceptors (Lipinski definition) is 5. The van der Waals surface area contributed by atoms with Gasteiger partial charge in [0.05, 0.1) is 35.5 Å². The molecule has 0 saturated carbocycles. The molecular formula is C27H27N5O3. The lowest BCUT2D eigenvalue weighted by molar-refractivity contribution is 0.0185. The highest BCUT2D eigenvalue weighted by atomic mass is 16.5. The number of nitrogens with zero attached hydrogens (tertiary/aromatic N) is 3. The number of benzene rings is 2. The van der Waals surface area contributed by atoms with E-state index >= 15 is 0 Å². The van der Waals surface area contributed by atoms with Crippen molar-refractivity contribution >= 4 is 33.8 Å². The molecule has 2 amide bonds. The molecule has 2 saturated heterocycles. The van der Waals surface area contributed by atoms with Crippen molar-refractivity contribution < 1.29 is 14.3 Å². The van der Waals surface area contributed by atoms with E-state index in [0.29, 0.717) is 33.9 Å². The highest BCUT2D eigenvalue weighted by molar-refractivity contribution is 6.14. The van der Waals surface area contributed by atoms with E-state index in [1.807, 2.05) is 53.4 Å². The lowest BCUT2D eigenvalue weighted by Crippen LogP contribution is -2.45. The predicted octanol–water partition coefficient (Wildman–Crippen LogP) is 3.03. The maximum Gasteiger partial charge on any atom is 0.253 e. The molecule has 4 heterocycles. The standard InChI is InChI=1S/C27H27N5O3/c28-26(33)21-15-22(17-4-2-1-3-5-17)29-24-20-7-6-18(14-23(20)30-25(21)24)27(34)32-9-8-19(16-32)31-10-12-35-13-11-31/h1-7,14-15,19,30H,8-13,16H2,(H2,28,33). The first-order chi connectivity index (χ1) is 17.1. The van der Waals surface area contributed by atoms with Gasteiger partial charge in [-0.15, -0.1) is 0 Å². The Morgan fingerprint density at radius 1 is 1.03 bits per heavy atom. The monoisotopic (exact) mass is 469 g/mol. The molecule has 0 radical (unpaired) electrons. The van der Waals surface area contributed by atoms with Crippen LogP contribution in [0, 0.1) is 0 Å². The fraction of sp³-hybridized carbons (Fsp3) is 0.296. The molecule has 1 unspecified atom stereocenters. The Hall–Kier alpha value is -3.75. The van der Waals surface area contributed by atoms with Gasteiger partial charge in [-0.2, -0.15) is 0 Å². The fourth-order valence-corrected chi connectivity index (χ4v) is 5.29. The van der Waals surface area contributed by atoms with Gasteiger partial charge in [-0.1, -0.05) is 30.3 Å². The second-order valence-electron chi connectivity index (χ2n) is 9.24. The van der Waals surface area contributed by atoms with E-state index in [9.17, 15) is 9.59 Å². The molecule has 1 atom stereocenters. The minimum absolute atomic E-state index is 0.0226. The van der Waals surface area contributed by atoms with Gasteiger partial charge in [0.25, 0.3) is 11.8 Å². The third kappa shape index (κ3) is 3.94. The highest BCUT2D eigenvalue weighted by Crippen LogP contribution is 2.31. The zero-order valence-corrected chi connectivity index (χ0v) is 19.4. The van der Waals surface area contributed by atoms with Crippen LogP contribution < -0.4 is 5.73 Å². The van der Waals surface area contributed by atoms with Gasteiger partial charge < -0.3 is 20.4 Å². The molecule has 2 aromatic carbocycles. The molecule has 2 aliphatic rings. The number of carbonyl (C=O) groups excluding carboxylic acids is 2. The van der Waals surface area contributed by atoms with E-state index in [-0.39, 0.29) is 5.91 Å². The van der Waals surface area contributed by atoms with E-state index in [1.54, 1.807) is 6.07 Å². The number of carbonyl (C=O) groups is 2. The van der Waals surface area contributed by atoms with Crippen LogP contribution in [0.2, 0.25) is 0 Å². The molecule has 35 heavy (non-hydrogen) atoms. The topological polar surface area (TPSA) is 105 Å². The largest absolute Gasteiger partial charge is 0.379 e. The molecule has 8 nitrogen and oxygen atoms in total. The number of likely N-dealkylation sites (tertiary alicyclic amines) is 1. The first-order valence-corrected chi connectivity index (χ1v) is 12.0. The van der Waals surface area contributed by atoms with Crippen molar-refractivity contribution in [3.63, 3.8) is 0 Å². The van der Waals surface area contributed by atoms with Crippen LogP contribution in [0.1, 0.15) is 27.1 Å². The summed E-state index contributed by atoms with van der Waals surface area (Å²) in [5.74, 6) is -0.502. The van der Waals surface area contributed by atoms with Crippen LogP contribution in [-0.4, -0.2) is 77.0 Å². The molecule has 2 aromatic heterocycles. The summed E-state index contributed by atoms with van der Waals surface area (Å²) in [5.41, 5.74) is 10.3. The summed E-state index contributed by atoms with van der Waals surface area (Å²) in [7, 11) is 0. The summed E-state index contributed by atoms with van der Waals surface area (Å²) >= 11 is 0. The second-order valence-corrected chi connectivity index (χ2v) is 9.24. The summed E-state index contributed by atoms with van der Waals surface area (Å²) < 4.78 is 5.46. The first-order valence-electron chi connectivity index (χ1n) is 12.0. The van der Waals surface area contributed by atoms with Crippen LogP contribution in [0.15, 0.2) is 54.6 Å². The molecular weight excluding hydrogens is 442 g/mol. The van der Waals surface area contributed by atoms with Gasteiger partial charge in [0.2, 0.25) is 0 Å². The molecule has 2 fully saturated rings. The number of fused-ring (bicyclic) bond motifs is 3. The summed E-state index contributed by atoms with van der Waals surface area (Å²) in [6.45, 7) is 4.85. The smallest absolute Gasteiger partial charge is 0.253 e. The number of aromatic nitrogens is 2. The average Bonchev–Trinajstić information content (AvgIpc) is 3.53. The van der Waals surface area contributed by atoms with Crippen LogP contribution in [0.5, 0.6) is 0 Å². The summed E-state index contributed by atoms with van der Waals surface area (Å²) in [6, 6.07) is 17.4. The Morgan fingerprint density at radius 2 is 1.83 bits per heavy atom. The molecule has 3 N–H and O–H groups in total. The zero-order valence-electron chi connectivity index (χ0n) is 19.4. The zero-order chi connectivity index (χ0) is 23.9. The molecule has 4 aromatic rings. The van der Waals surface area contributed by atoms with Crippen LogP contribution in [0.3, 0.4) is 0 Å². The third-order valence-electron chi connectivity index (χ3n) is 7.15. The predicted molar refractivity (Wildman–Crippen MR) is 134 cm³/mol. The maximum absolute atomic E-state index is 13.3. The van der Waals surface area contributed by atoms with Gasteiger partial charge >= 0.3 is 0 Å². The van der Waals surface area contributed by atoms with Crippen LogP contribution in [-0.2, 0) is 4.74 Å². The lowest BCUT2D eigenvalue weighted by Gasteiger charge is -2.32. The summed E-state index contributed by atoms with van der Waals surface area (Å²) in [5, 5.41) is 0.851. The number of ether oxygens (including phenoxy) is 1. The van der Waals surface area contributed by atoms with Gasteiger partial charge in [-0.05, 0) is 30.7 Å². The van der Waals surface area contributed by atoms with Gasteiger partial charge in [0, 0.05) is 54.3 Å². The van der Waals surface area contributed by atoms with Crippen molar-refractivity contribution in [3.05, 3.63) is 65.7 Å². The Kier molecular flexibility index (Phi) is 5.47. The summed E-state index contributed by atoms with van der Waals surface area (Å²) in [4.78, 5) is 38.1. The van der Waals surface area contributed by atoms with Crippen LogP contribution in [0.25, 0.3) is 33.2 Å². The van der Waals surface area contributed by atoms with Crippen LogP contribution in [0.4, 0.5) is 0 Å². The maximum atomic E-state index is 13.3. The van der Waals surface area contributed by atoms with Gasteiger partial charge in [-0.25, -0.2) is 4.98 Å². The van der Waals surface area contributed by atoms with Crippen molar-refractivity contribution in [1.82, 2.24) is 19.8 Å². The number of aromatic amines is 1. The van der Waals surface area contributed by atoms with E-state index in [4.69, 9.17) is 15.5 Å². The molecule has 0 aliphatic carbocycles. The average molecular weight is 470 g/mol. The van der Waals surface area contributed by atoms with Crippen LogP contribution >= 0.6 is 0 Å². The first kappa shape index (κ1) is 21.8. The Morgan fingerprint density at radius 3 is 2.60 bits per heavy atom. The molecule has 0 bridgehead atoms. The number of morpholine rings is 1. The van der Waals surface area contributed by atoms with Crippen molar-refractivity contribution in [3.8, 4) is 11.3 Å². The number of primary amides is 1. The highest BCUT2D eigenvalue weighted by Gasteiger charge is 2.31. The SMILES string of the molecule is NC(=O)c1cc(-c2ccccc2)nc2c1[nH]c1cc(C(=O)N3CCC(N4CCOCC4)C3)ccc12. The number of hydrogen-bond donors (Lipinski definition) is 2. The minimum atomic E-state index is -0.524. The third-order valence-corrected chi connectivity index (χ3v) is 7.15. The molecule has 0 spiro atoms. The van der Waals surface area contributed by atoms with E-state index in [0.717, 1.165) is 62.3 Å². The fourth-order valence-electron chi connectivity index (χ4n) is 5.29. The van der Waals surface area contributed by atoms with Gasteiger partial charge in [0.15, 0.2) is 0 Å². The number of pyridine rings is 1. The van der Waals surface area contributed by atoms with Gasteiger partial charge in [0.1, 0.15) is 0 Å². The van der Waals surface area contributed by atoms with E-state index in [2.05, 4.69) is 9.88 Å². The lowest BCUT2D eigenvalue weighted by atomic mass is 10.1. The number of amides is 2. The van der Waals surface area contributed by atoms with Gasteiger partial charge in [-0.3, -0.25) is 14.5 Å². The molecule has 6 rings (SSSR count). The van der Waals surface area contributed by atoms with Crippen molar-refractivity contribution in [2.75, 3.05) is 39.4 Å². The molecule has 2 aliphatic heterocycles. The number of nitrogens with two attached hydrogens (primary N) is 1. The number of H-pyrrole nitrogens is 1. The van der Waals surface area contributed by atoms with E-state index in [1.165, 1.54) is 0 Å². The summed E-state index contributed by atoms with van der Waals surface area (Å²) in [6.07, 6.45) is 0.981. The van der Waals surface area contributed by atoms with E-state index < -0.39 is 5.91 Å². The van der Waals surface area contributed by atoms with Crippen molar-refractivity contribution in [1.29, 1.82) is 0 Å². The van der Waals surface area contributed by atoms with Crippen molar-refractivity contribution in [2.24, 2.45) is 5.73 Å². The minimum Gasteiger partial charge on any atom is -0.379 e. The Balaban J connectivity index is 1.34. The van der Waals surface area contributed by atoms with Crippen molar-refractivity contribution in [2.45, 2.75) is 12.5 Å².